The molecule has 1 N–H and O–H groups in total. The van der Waals surface area contributed by atoms with Crippen molar-refractivity contribution in [3.8, 4) is 0 Å². The van der Waals surface area contributed by atoms with Crippen molar-refractivity contribution in [2.75, 3.05) is 0 Å². The fourth-order valence-corrected chi connectivity index (χ4v) is 4.70. The summed E-state index contributed by atoms with van der Waals surface area (Å²) in [4.78, 5) is 69.1. The summed E-state index contributed by atoms with van der Waals surface area (Å²) in [6.07, 6.45) is 3.74. The maximum Gasteiger partial charge on any atom is 0.224 e. The number of rotatable bonds is 16. The molecule has 41 heavy (non-hydrogen) atoms. The highest BCUT2D eigenvalue weighted by molar-refractivity contribution is 6.38. The molecule has 0 aliphatic heterocycles. The molecule has 0 saturated heterocycles. The average Bonchev–Trinajstić information content (AvgIpc) is 2.99. The van der Waals surface area contributed by atoms with Crippen LogP contribution < -0.4 is 5.32 Å². The maximum atomic E-state index is 13.4. The summed E-state index contributed by atoms with van der Waals surface area (Å²) in [6, 6.07) is 21.2. The third kappa shape index (κ3) is 9.71. The average molecular weight is 555 g/mol. The maximum absolute atomic E-state index is 13.4. The van der Waals surface area contributed by atoms with Gasteiger partial charge in [-0.25, -0.2) is 0 Å². The molecular formula is C34H38N2O5. The molecule has 0 radical (unpaired) electrons. The Balaban J connectivity index is 1.64. The lowest BCUT2D eigenvalue weighted by atomic mass is 9.83. The van der Waals surface area contributed by atoms with Gasteiger partial charge in [0.05, 0.1) is 6.04 Å². The van der Waals surface area contributed by atoms with Gasteiger partial charge < -0.3 is 5.32 Å². The predicted molar refractivity (Wildman–Crippen MR) is 157 cm³/mol. The van der Waals surface area contributed by atoms with E-state index in [1.807, 2.05) is 74.5 Å². The molecule has 1 aromatic heterocycles. The van der Waals surface area contributed by atoms with Crippen molar-refractivity contribution in [3.05, 3.63) is 102 Å². The van der Waals surface area contributed by atoms with Gasteiger partial charge in [-0.15, -0.1) is 0 Å². The predicted octanol–water partition coefficient (Wildman–Crippen LogP) is 5.02. The van der Waals surface area contributed by atoms with Crippen LogP contribution in [0.25, 0.3) is 0 Å². The third-order valence-electron chi connectivity index (χ3n) is 7.29. The molecule has 0 aliphatic carbocycles. The minimum atomic E-state index is -0.884. The molecule has 3 rings (SSSR count). The van der Waals surface area contributed by atoms with E-state index in [-0.39, 0.29) is 36.7 Å². The molecule has 2 aromatic carbocycles. The minimum Gasteiger partial charge on any atom is -0.346 e. The van der Waals surface area contributed by atoms with E-state index in [0.717, 1.165) is 11.1 Å². The Morgan fingerprint density at radius 3 is 1.93 bits per heavy atom. The topological polar surface area (TPSA) is 110 Å². The van der Waals surface area contributed by atoms with Gasteiger partial charge in [-0.1, -0.05) is 74.5 Å². The summed E-state index contributed by atoms with van der Waals surface area (Å²) in [6.45, 7) is 5.19. The summed E-state index contributed by atoms with van der Waals surface area (Å²) >= 11 is 0. The molecule has 7 nitrogen and oxygen atoms in total. The fourth-order valence-electron chi connectivity index (χ4n) is 4.70. The molecule has 0 saturated carbocycles. The van der Waals surface area contributed by atoms with Crippen molar-refractivity contribution >= 4 is 29.0 Å². The second-order valence-electron chi connectivity index (χ2n) is 10.8. The van der Waals surface area contributed by atoms with Crippen LogP contribution in [-0.2, 0) is 32.0 Å². The van der Waals surface area contributed by atoms with Gasteiger partial charge in [0.25, 0.3) is 0 Å². The molecule has 214 valence electrons. The number of aromatic nitrogens is 1. The molecule has 0 spiro atoms. The number of pyridine rings is 1. The first-order chi connectivity index (χ1) is 19.7. The fraction of sp³-hybridized carbons (Fsp3) is 0.353. The number of nitrogens with zero attached hydrogens (tertiary/aromatic N) is 1. The summed E-state index contributed by atoms with van der Waals surface area (Å²) in [7, 11) is 0. The molecular weight excluding hydrogens is 516 g/mol. The number of ketones is 4. The highest BCUT2D eigenvalue weighted by Crippen LogP contribution is 2.21. The van der Waals surface area contributed by atoms with Gasteiger partial charge in [0.1, 0.15) is 0 Å². The van der Waals surface area contributed by atoms with Gasteiger partial charge in [0.15, 0.2) is 17.3 Å². The molecule has 3 atom stereocenters. The van der Waals surface area contributed by atoms with Crippen molar-refractivity contribution in [2.45, 2.75) is 58.9 Å². The van der Waals surface area contributed by atoms with Gasteiger partial charge in [-0.2, -0.15) is 0 Å². The van der Waals surface area contributed by atoms with Crippen molar-refractivity contribution in [1.29, 1.82) is 0 Å². The number of amides is 1. The monoisotopic (exact) mass is 554 g/mol. The van der Waals surface area contributed by atoms with E-state index >= 15 is 0 Å². The Morgan fingerprint density at radius 1 is 0.756 bits per heavy atom. The quantitative estimate of drug-likeness (QED) is 0.197. The van der Waals surface area contributed by atoms with Gasteiger partial charge in [-0.3, -0.25) is 29.0 Å². The van der Waals surface area contributed by atoms with Gasteiger partial charge in [0, 0.05) is 49.1 Å². The van der Waals surface area contributed by atoms with E-state index in [4.69, 9.17) is 0 Å². The van der Waals surface area contributed by atoms with E-state index in [2.05, 4.69) is 10.3 Å². The van der Waals surface area contributed by atoms with E-state index < -0.39 is 35.4 Å². The normalized spacial score (nSPS) is 13.2. The molecule has 0 unspecified atom stereocenters. The highest BCUT2D eigenvalue weighted by Gasteiger charge is 2.32. The molecule has 0 fully saturated rings. The molecule has 1 heterocycles. The Kier molecular flexibility index (Phi) is 11.8. The van der Waals surface area contributed by atoms with Gasteiger partial charge >= 0.3 is 0 Å². The molecule has 7 heteroatoms. The molecule has 0 bridgehead atoms. The third-order valence-corrected chi connectivity index (χ3v) is 7.29. The van der Waals surface area contributed by atoms with Crippen LogP contribution >= 0.6 is 0 Å². The molecule has 3 aromatic rings. The lowest BCUT2D eigenvalue weighted by Crippen LogP contribution is -2.44. The van der Waals surface area contributed by atoms with Crippen LogP contribution in [0.15, 0.2) is 85.2 Å². The Labute approximate surface area is 241 Å². The van der Waals surface area contributed by atoms with Gasteiger partial charge in [0.2, 0.25) is 11.7 Å². The number of Topliss-reactive ketones (excluding diaryl/α,β-unsaturated/α-hetero) is 4. The first-order valence-electron chi connectivity index (χ1n) is 14.1. The Bertz CT molecular complexity index is 1320. The van der Waals surface area contributed by atoms with Crippen LogP contribution in [0, 0.1) is 17.8 Å². The largest absolute Gasteiger partial charge is 0.346 e. The first kappa shape index (κ1) is 31.3. The Morgan fingerprint density at radius 2 is 1.34 bits per heavy atom. The second kappa shape index (κ2) is 15.5. The van der Waals surface area contributed by atoms with Crippen LogP contribution in [0.3, 0.4) is 0 Å². The van der Waals surface area contributed by atoms with E-state index in [1.165, 1.54) is 12.4 Å². The van der Waals surface area contributed by atoms with E-state index in [9.17, 15) is 24.0 Å². The summed E-state index contributed by atoms with van der Waals surface area (Å²) < 4.78 is 0. The Hall–Kier alpha value is -4.26. The van der Waals surface area contributed by atoms with Crippen molar-refractivity contribution < 1.29 is 24.0 Å². The van der Waals surface area contributed by atoms with E-state index in [0.29, 0.717) is 18.4 Å². The first-order valence-corrected chi connectivity index (χ1v) is 14.1. The summed E-state index contributed by atoms with van der Waals surface area (Å²) in [5, 5.41) is 2.77. The van der Waals surface area contributed by atoms with Crippen LogP contribution in [0.2, 0.25) is 0 Å². The van der Waals surface area contributed by atoms with Crippen LogP contribution in [0.1, 0.15) is 61.5 Å². The zero-order valence-electron chi connectivity index (χ0n) is 23.9. The lowest BCUT2D eigenvalue weighted by molar-refractivity contribution is -0.141. The van der Waals surface area contributed by atoms with Crippen molar-refractivity contribution in [1.82, 2.24) is 10.3 Å². The second-order valence-corrected chi connectivity index (χ2v) is 10.8. The standard InChI is InChI=1S/C34H38N2O5/c1-23(2)29(33(40)30(37)15-14-25-10-6-4-7-11-25)22-31(38)24(3)36-34(41)28(20-26-12-8-5-9-13-26)21-32(39)27-16-18-35-19-17-27/h4-13,16-19,23-24,28-29H,14-15,20-22H2,1-3H3,(H,36,41)/t24-,28+,29-/m0/s1. The zero-order chi connectivity index (χ0) is 29.8. The number of hydrogen-bond donors (Lipinski definition) is 1. The summed E-state index contributed by atoms with van der Waals surface area (Å²) in [5.74, 6) is -3.67. The smallest absolute Gasteiger partial charge is 0.224 e. The summed E-state index contributed by atoms with van der Waals surface area (Å²) in [5.41, 5.74) is 2.33. The zero-order valence-corrected chi connectivity index (χ0v) is 23.9. The van der Waals surface area contributed by atoms with Crippen molar-refractivity contribution in [2.24, 2.45) is 17.8 Å². The van der Waals surface area contributed by atoms with E-state index in [1.54, 1.807) is 19.1 Å². The minimum absolute atomic E-state index is 0.0331. The number of carbonyl (C=O) groups excluding carboxylic acids is 5. The number of benzene rings is 2. The SMILES string of the molecule is CC(C)[C@H](CC(=O)[C@H](C)NC(=O)[C@@H](CC(=O)c1ccncc1)Cc1ccccc1)C(=O)C(=O)CCc1ccccc1. The number of aryl methyl sites for hydroxylation is 1. The number of nitrogens with one attached hydrogen (secondary N) is 1. The van der Waals surface area contributed by atoms with Crippen LogP contribution in [0.4, 0.5) is 0 Å². The lowest BCUT2D eigenvalue weighted by Gasteiger charge is -2.23. The molecule has 0 aliphatic rings. The van der Waals surface area contributed by atoms with Crippen molar-refractivity contribution in [3.63, 3.8) is 0 Å². The number of hydrogen-bond acceptors (Lipinski definition) is 6. The van der Waals surface area contributed by atoms with Crippen LogP contribution in [-0.4, -0.2) is 40.1 Å². The van der Waals surface area contributed by atoms with Crippen LogP contribution in [0.5, 0.6) is 0 Å². The van der Waals surface area contributed by atoms with Gasteiger partial charge in [-0.05, 0) is 48.9 Å². The molecule has 1 amide bonds. The highest BCUT2D eigenvalue weighted by atomic mass is 16.2. The number of carbonyl (C=O) groups is 5.